The molecule has 0 rings (SSSR count). The molecule has 19 heteroatoms. The van der Waals surface area contributed by atoms with E-state index < -0.39 is 97.5 Å². The fourth-order valence-corrected chi connectivity index (χ4v) is 12.9. The standard InChI is InChI=1S/C74H144O17P2/c1-7-9-11-13-14-15-16-29-35-40-46-52-58-73(78)90-69(62-84-71(76)56-50-42-12-10-8-2)64-88-92(80,81)86-60-68(75)61-87-93(82,83)89-65-70(91-74(79)59-53-47-41-36-31-26-22-18-20-24-28-33-38-44-49-55-67(5)6)63-85-72(77)57-51-45-39-34-30-25-21-17-19-23-27-32-37-43-48-54-66(3)4/h66-70,75H,7-65H2,1-6H3,(H,80,81)(H,82,83)/t68-,69+,70+/m0/s1. The van der Waals surface area contributed by atoms with Gasteiger partial charge in [-0.05, 0) is 37.5 Å². The second-order valence-corrected chi connectivity index (χ2v) is 30.5. The number of carbonyl (C=O) groups is 4. The number of carbonyl (C=O) groups excluding carboxylic acids is 4. The van der Waals surface area contributed by atoms with Crippen LogP contribution < -0.4 is 0 Å². The third-order valence-electron chi connectivity index (χ3n) is 17.2. The fraction of sp³-hybridized carbons (Fsp3) is 0.946. The van der Waals surface area contributed by atoms with Crippen molar-refractivity contribution < 1.29 is 80.2 Å². The number of ether oxygens (including phenoxy) is 4. The van der Waals surface area contributed by atoms with Gasteiger partial charge in [0.15, 0.2) is 12.2 Å². The Kier molecular flexibility index (Phi) is 64.6. The third kappa shape index (κ3) is 68.4. The van der Waals surface area contributed by atoms with Gasteiger partial charge in [0.25, 0.3) is 0 Å². The third-order valence-corrected chi connectivity index (χ3v) is 19.1. The number of phosphoric ester groups is 2. The SMILES string of the molecule is CCCCCCCCCCCCCCC(=O)O[C@H](COC(=O)CCCCCCC)COP(=O)(O)OC[C@H](O)COP(=O)(O)OC[C@@H](COC(=O)CCCCCCCCCCCCCCCCCC(C)C)OC(=O)CCCCCCCCCCCCCCCCCC(C)C. The maximum absolute atomic E-state index is 13.1. The smallest absolute Gasteiger partial charge is 0.462 e. The van der Waals surface area contributed by atoms with Crippen LogP contribution in [0.25, 0.3) is 0 Å². The number of esters is 4. The fourth-order valence-electron chi connectivity index (χ4n) is 11.3. The highest BCUT2D eigenvalue weighted by Gasteiger charge is 2.30. The van der Waals surface area contributed by atoms with E-state index in [1.807, 2.05) is 0 Å². The number of aliphatic hydroxyl groups excluding tert-OH is 1. The molecular weight excluding hydrogens is 1220 g/mol. The molecule has 0 amide bonds. The van der Waals surface area contributed by atoms with E-state index in [0.29, 0.717) is 25.7 Å². The van der Waals surface area contributed by atoms with Gasteiger partial charge in [0, 0.05) is 25.7 Å². The lowest BCUT2D eigenvalue weighted by Crippen LogP contribution is -2.30. The van der Waals surface area contributed by atoms with Crippen LogP contribution in [0.5, 0.6) is 0 Å². The Balaban J connectivity index is 5.14. The van der Waals surface area contributed by atoms with Crippen LogP contribution in [0, 0.1) is 11.8 Å². The first-order valence-electron chi connectivity index (χ1n) is 38.5. The Morgan fingerprint density at radius 2 is 0.495 bits per heavy atom. The summed E-state index contributed by atoms with van der Waals surface area (Å²) in [5.41, 5.74) is 0. The van der Waals surface area contributed by atoms with Crippen LogP contribution in [0.3, 0.4) is 0 Å². The Hall–Kier alpha value is -1.94. The van der Waals surface area contributed by atoms with Gasteiger partial charge in [-0.1, -0.05) is 330 Å². The molecule has 17 nitrogen and oxygen atoms in total. The van der Waals surface area contributed by atoms with Gasteiger partial charge in [-0.15, -0.1) is 0 Å². The van der Waals surface area contributed by atoms with Crippen LogP contribution in [0.15, 0.2) is 0 Å². The minimum Gasteiger partial charge on any atom is -0.462 e. The zero-order chi connectivity index (χ0) is 68.6. The van der Waals surface area contributed by atoms with E-state index in [9.17, 15) is 43.2 Å². The lowest BCUT2D eigenvalue weighted by Gasteiger charge is -2.21. The summed E-state index contributed by atoms with van der Waals surface area (Å²) in [6.07, 6.45) is 53.1. The molecule has 0 aliphatic heterocycles. The number of hydrogen-bond donors (Lipinski definition) is 3. The monoisotopic (exact) mass is 1370 g/mol. The molecule has 0 aromatic carbocycles. The molecule has 552 valence electrons. The second-order valence-electron chi connectivity index (χ2n) is 27.6. The molecule has 3 N–H and O–H groups in total. The minimum atomic E-state index is -4.95. The van der Waals surface area contributed by atoms with E-state index in [1.165, 1.54) is 193 Å². The molecule has 0 aromatic heterocycles. The summed E-state index contributed by atoms with van der Waals surface area (Å²) >= 11 is 0. The molecule has 0 fully saturated rings. The zero-order valence-corrected chi connectivity index (χ0v) is 62.3. The predicted molar refractivity (Wildman–Crippen MR) is 377 cm³/mol. The summed E-state index contributed by atoms with van der Waals surface area (Å²) in [6, 6.07) is 0. The molecule has 0 saturated heterocycles. The Bertz CT molecular complexity index is 1800. The average molecular weight is 1370 g/mol. The van der Waals surface area contributed by atoms with Crippen molar-refractivity contribution in [3.63, 3.8) is 0 Å². The van der Waals surface area contributed by atoms with Crippen molar-refractivity contribution in [2.75, 3.05) is 39.6 Å². The minimum absolute atomic E-state index is 0.106. The topological polar surface area (TPSA) is 237 Å². The number of aliphatic hydroxyl groups is 1. The summed E-state index contributed by atoms with van der Waals surface area (Å²) in [5.74, 6) is -0.520. The number of hydrogen-bond acceptors (Lipinski definition) is 15. The summed E-state index contributed by atoms with van der Waals surface area (Å²) in [4.78, 5) is 72.4. The van der Waals surface area contributed by atoms with E-state index in [1.54, 1.807) is 0 Å². The van der Waals surface area contributed by atoms with E-state index in [4.69, 9.17) is 37.0 Å². The zero-order valence-electron chi connectivity index (χ0n) is 60.6. The van der Waals surface area contributed by atoms with Crippen molar-refractivity contribution in [1.82, 2.24) is 0 Å². The first kappa shape index (κ1) is 91.1. The van der Waals surface area contributed by atoms with E-state index >= 15 is 0 Å². The molecule has 93 heavy (non-hydrogen) atoms. The largest absolute Gasteiger partial charge is 0.472 e. The van der Waals surface area contributed by atoms with Crippen LogP contribution in [-0.2, 0) is 65.4 Å². The number of rotatable bonds is 73. The first-order chi connectivity index (χ1) is 44.9. The predicted octanol–water partition coefficient (Wildman–Crippen LogP) is 21.6. The van der Waals surface area contributed by atoms with Crippen molar-refractivity contribution in [3.8, 4) is 0 Å². The van der Waals surface area contributed by atoms with Crippen molar-refractivity contribution in [1.29, 1.82) is 0 Å². The van der Waals surface area contributed by atoms with E-state index in [-0.39, 0.29) is 25.7 Å². The molecule has 0 aliphatic rings. The molecule has 0 aromatic rings. The molecular formula is C74H144O17P2. The molecule has 0 heterocycles. The highest BCUT2D eigenvalue weighted by molar-refractivity contribution is 7.47. The summed E-state index contributed by atoms with van der Waals surface area (Å²) in [5, 5.41) is 10.6. The van der Waals surface area contributed by atoms with Crippen molar-refractivity contribution in [2.45, 2.75) is 400 Å². The van der Waals surface area contributed by atoms with Crippen molar-refractivity contribution in [2.24, 2.45) is 11.8 Å². The van der Waals surface area contributed by atoms with Gasteiger partial charge in [0.05, 0.1) is 26.4 Å². The molecule has 5 atom stereocenters. The highest BCUT2D eigenvalue weighted by atomic mass is 31.2. The lowest BCUT2D eigenvalue weighted by atomic mass is 10.0. The number of phosphoric acid groups is 2. The molecule has 0 saturated carbocycles. The molecule has 0 bridgehead atoms. The van der Waals surface area contributed by atoms with Crippen LogP contribution in [0.1, 0.15) is 382 Å². The first-order valence-corrected chi connectivity index (χ1v) is 41.5. The molecule has 0 spiro atoms. The van der Waals surface area contributed by atoms with Crippen LogP contribution in [0.2, 0.25) is 0 Å². The summed E-state index contributed by atoms with van der Waals surface area (Å²) in [6.45, 7) is 9.55. The van der Waals surface area contributed by atoms with Crippen LogP contribution >= 0.6 is 15.6 Å². The molecule has 2 unspecified atom stereocenters. The van der Waals surface area contributed by atoms with E-state index in [0.717, 1.165) is 108 Å². The van der Waals surface area contributed by atoms with Gasteiger partial charge in [0.2, 0.25) is 0 Å². The van der Waals surface area contributed by atoms with Gasteiger partial charge in [-0.2, -0.15) is 0 Å². The van der Waals surface area contributed by atoms with Gasteiger partial charge in [-0.3, -0.25) is 37.3 Å². The van der Waals surface area contributed by atoms with Gasteiger partial charge < -0.3 is 33.8 Å². The lowest BCUT2D eigenvalue weighted by molar-refractivity contribution is -0.161. The maximum Gasteiger partial charge on any atom is 0.472 e. The number of unbranched alkanes of at least 4 members (excludes halogenated alkanes) is 43. The Labute approximate surface area is 568 Å². The summed E-state index contributed by atoms with van der Waals surface area (Å²) in [7, 11) is -9.90. The van der Waals surface area contributed by atoms with Gasteiger partial charge >= 0.3 is 39.5 Å². The molecule has 0 radical (unpaired) electrons. The van der Waals surface area contributed by atoms with E-state index in [2.05, 4.69) is 41.5 Å². The van der Waals surface area contributed by atoms with Crippen molar-refractivity contribution in [3.05, 3.63) is 0 Å². The quantitative estimate of drug-likeness (QED) is 0.0222. The van der Waals surface area contributed by atoms with Gasteiger partial charge in [-0.25, -0.2) is 9.13 Å². The van der Waals surface area contributed by atoms with Crippen LogP contribution in [0.4, 0.5) is 0 Å². The van der Waals surface area contributed by atoms with Crippen molar-refractivity contribution >= 4 is 39.5 Å². The Morgan fingerprint density at radius 1 is 0.290 bits per heavy atom. The maximum atomic E-state index is 13.1. The second kappa shape index (κ2) is 66.0. The highest BCUT2D eigenvalue weighted by Crippen LogP contribution is 2.45. The molecule has 0 aliphatic carbocycles. The van der Waals surface area contributed by atoms with Crippen LogP contribution in [-0.4, -0.2) is 96.7 Å². The summed E-state index contributed by atoms with van der Waals surface area (Å²) < 4.78 is 68.2. The Morgan fingerprint density at radius 3 is 0.731 bits per heavy atom. The average Bonchev–Trinajstić information content (AvgIpc) is 2.86. The van der Waals surface area contributed by atoms with Gasteiger partial charge in [0.1, 0.15) is 19.3 Å². The normalized spacial score (nSPS) is 14.1.